The molecule has 1 aliphatic carbocycles. The molecule has 5 nitrogen and oxygen atoms in total. The van der Waals surface area contributed by atoms with Crippen molar-refractivity contribution in [3.05, 3.63) is 29.6 Å². The van der Waals surface area contributed by atoms with Crippen molar-refractivity contribution in [2.24, 2.45) is 10.9 Å². The van der Waals surface area contributed by atoms with E-state index in [9.17, 15) is 22.7 Å². The van der Waals surface area contributed by atoms with Gasteiger partial charge < -0.3 is 20.6 Å². The highest BCUT2D eigenvalue weighted by Crippen LogP contribution is 2.37. The quantitative estimate of drug-likeness (QED) is 0.209. The van der Waals surface area contributed by atoms with Gasteiger partial charge in [0, 0.05) is 25.7 Å². The first-order valence-corrected chi connectivity index (χ1v) is 11.1. The number of rotatable bonds is 5. The van der Waals surface area contributed by atoms with Crippen LogP contribution in [0, 0.1) is 11.7 Å². The average Bonchev–Trinajstić information content (AvgIpc) is 2.73. The third kappa shape index (κ3) is 7.64. The molecular formula is C22H33F4IN4O. The Balaban J connectivity index is 0.00000363. The van der Waals surface area contributed by atoms with Crippen LogP contribution in [0.2, 0.25) is 0 Å². The zero-order valence-electron chi connectivity index (χ0n) is 18.3. The Kier molecular flexibility index (Phi) is 10.3. The van der Waals surface area contributed by atoms with E-state index in [1.807, 2.05) is 17.9 Å². The van der Waals surface area contributed by atoms with Crippen molar-refractivity contribution in [2.75, 3.05) is 24.5 Å². The first-order valence-electron chi connectivity index (χ1n) is 11.1. The van der Waals surface area contributed by atoms with Gasteiger partial charge in [0.15, 0.2) is 5.96 Å². The van der Waals surface area contributed by atoms with E-state index in [1.165, 1.54) is 6.07 Å². The standard InChI is InChI=1S/C22H32F4N4O.HI/c1-2-27-21(29-17-6-4-16(5-7-17)22(24,25)26)28-14-15-3-8-20(19(23)13-15)30-11-9-18(31)10-12-30;/h3,8,13,16-18,31H,2,4-7,9-12,14H2,1H3,(H2,27,28,29);1H. The van der Waals surface area contributed by atoms with Crippen molar-refractivity contribution >= 4 is 35.6 Å². The summed E-state index contributed by atoms with van der Waals surface area (Å²) in [7, 11) is 0. The number of alkyl halides is 3. The first kappa shape index (κ1) is 26.9. The van der Waals surface area contributed by atoms with Crippen LogP contribution in [-0.4, -0.2) is 49.0 Å². The lowest BCUT2D eigenvalue weighted by molar-refractivity contribution is -0.182. The molecule has 1 aromatic carbocycles. The van der Waals surface area contributed by atoms with Crippen molar-refractivity contribution in [3.8, 4) is 0 Å². The zero-order valence-corrected chi connectivity index (χ0v) is 20.6. The Morgan fingerprint density at radius 2 is 1.78 bits per heavy atom. The molecule has 1 saturated carbocycles. The van der Waals surface area contributed by atoms with Gasteiger partial charge in [-0.15, -0.1) is 24.0 Å². The number of guanidine groups is 1. The monoisotopic (exact) mass is 572 g/mol. The van der Waals surface area contributed by atoms with E-state index in [4.69, 9.17) is 0 Å². The SMILES string of the molecule is CCNC(=NCc1ccc(N2CCC(O)CC2)c(F)c1)NC1CCC(C(F)(F)F)CC1.I. The van der Waals surface area contributed by atoms with Crippen LogP contribution in [0.3, 0.4) is 0 Å². The van der Waals surface area contributed by atoms with Gasteiger partial charge in [0.2, 0.25) is 0 Å². The van der Waals surface area contributed by atoms with Crippen LogP contribution in [0.4, 0.5) is 23.2 Å². The van der Waals surface area contributed by atoms with Crippen molar-refractivity contribution in [1.82, 2.24) is 10.6 Å². The molecule has 0 amide bonds. The summed E-state index contributed by atoms with van der Waals surface area (Å²) in [6.07, 6.45) is -2.02. The third-order valence-corrected chi connectivity index (χ3v) is 6.11. The number of hydrogen-bond donors (Lipinski definition) is 3. The Morgan fingerprint density at radius 1 is 1.12 bits per heavy atom. The first-order chi connectivity index (χ1) is 14.8. The van der Waals surface area contributed by atoms with E-state index < -0.39 is 12.1 Å². The Morgan fingerprint density at radius 3 is 2.34 bits per heavy atom. The summed E-state index contributed by atoms with van der Waals surface area (Å²) >= 11 is 0. The zero-order chi connectivity index (χ0) is 22.4. The molecule has 0 aromatic heterocycles. The van der Waals surface area contributed by atoms with Crippen LogP contribution in [-0.2, 0) is 6.54 Å². The highest BCUT2D eigenvalue weighted by atomic mass is 127. The Labute approximate surface area is 204 Å². The van der Waals surface area contributed by atoms with Gasteiger partial charge in [-0.1, -0.05) is 6.07 Å². The molecule has 10 heteroatoms. The van der Waals surface area contributed by atoms with E-state index in [1.54, 1.807) is 6.07 Å². The van der Waals surface area contributed by atoms with Crippen LogP contribution in [0.5, 0.6) is 0 Å². The third-order valence-electron chi connectivity index (χ3n) is 6.11. The van der Waals surface area contributed by atoms with Crippen molar-refractivity contribution in [3.63, 3.8) is 0 Å². The molecule has 0 unspecified atom stereocenters. The molecule has 1 aliphatic heterocycles. The normalized spacial score (nSPS) is 22.9. The second-order valence-corrected chi connectivity index (χ2v) is 8.43. The maximum atomic E-state index is 14.6. The number of aliphatic hydroxyl groups is 1. The van der Waals surface area contributed by atoms with Crippen LogP contribution < -0.4 is 15.5 Å². The van der Waals surface area contributed by atoms with Gasteiger partial charge in [0.05, 0.1) is 24.3 Å². The topological polar surface area (TPSA) is 59.9 Å². The molecule has 182 valence electrons. The number of aliphatic hydroxyl groups excluding tert-OH is 1. The van der Waals surface area contributed by atoms with Crippen molar-refractivity contribution in [2.45, 2.75) is 70.3 Å². The molecule has 3 rings (SSSR count). The highest BCUT2D eigenvalue weighted by Gasteiger charge is 2.41. The Hall–Kier alpha value is -1.30. The molecule has 2 aliphatic rings. The fourth-order valence-corrected chi connectivity index (χ4v) is 4.26. The molecule has 0 spiro atoms. The lowest BCUT2D eigenvalue weighted by atomic mass is 9.85. The number of aliphatic imine (C=N–C) groups is 1. The Bertz CT molecular complexity index is 746. The van der Waals surface area contributed by atoms with E-state index in [2.05, 4.69) is 15.6 Å². The van der Waals surface area contributed by atoms with Gasteiger partial charge in [-0.25, -0.2) is 9.38 Å². The number of anilines is 1. The maximum absolute atomic E-state index is 14.6. The van der Waals surface area contributed by atoms with E-state index in [0.717, 1.165) is 5.56 Å². The molecule has 1 heterocycles. The van der Waals surface area contributed by atoms with E-state index in [-0.39, 0.29) is 61.3 Å². The smallest absolute Gasteiger partial charge is 0.391 e. The van der Waals surface area contributed by atoms with Gasteiger partial charge in [-0.2, -0.15) is 13.2 Å². The summed E-state index contributed by atoms with van der Waals surface area (Å²) in [6, 6.07) is 5.01. The fourth-order valence-electron chi connectivity index (χ4n) is 4.26. The second-order valence-electron chi connectivity index (χ2n) is 8.43. The molecule has 2 fully saturated rings. The highest BCUT2D eigenvalue weighted by molar-refractivity contribution is 14.0. The molecule has 1 aromatic rings. The molecule has 0 bridgehead atoms. The molecule has 32 heavy (non-hydrogen) atoms. The van der Waals surface area contributed by atoms with Crippen LogP contribution in [0.15, 0.2) is 23.2 Å². The average molecular weight is 572 g/mol. The molecule has 1 saturated heterocycles. The molecular weight excluding hydrogens is 539 g/mol. The van der Waals surface area contributed by atoms with E-state index >= 15 is 0 Å². The summed E-state index contributed by atoms with van der Waals surface area (Å²) in [6.45, 7) is 4.06. The lowest BCUT2D eigenvalue weighted by Crippen LogP contribution is -2.45. The maximum Gasteiger partial charge on any atom is 0.391 e. The van der Waals surface area contributed by atoms with Gasteiger partial charge in [0.25, 0.3) is 0 Å². The number of benzene rings is 1. The number of halogens is 5. The summed E-state index contributed by atoms with van der Waals surface area (Å²) in [5.41, 5.74) is 1.25. The van der Waals surface area contributed by atoms with Gasteiger partial charge in [-0.05, 0) is 63.1 Å². The number of hydrogen-bond acceptors (Lipinski definition) is 3. The van der Waals surface area contributed by atoms with Crippen LogP contribution in [0.25, 0.3) is 0 Å². The number of nitrogens with zero attached hydrogens (tertiary/aromatic N) is 2. The van der Waals surface area contributed by atoms with Crippen LogP contribution >= 0.6 is 24.0 Å². The van der Waals surface area contributed by atoms with Gasteiger partial charge in [0.1, 0.15) is 5.82 Å². The summed E-state index contributed by atoms with van der Waals surface area (Å²) in [4.78, 5) is 6.44. The largest absolute Gasteiger partial charge is 0.393 e. The van der Waals surface area contributed by atoms with Gasteiger partial charge in [-0.3, -0.25) is 0 Å². The van der Waals surface area contributed by atoms with Crippen molar-refractivity contribution in [1.29, 1.82) is 0 Å². The van der Waals surface area contributed by atoms with Crippen LogP contribution in [0.1, 0.15) is 51.0 Å². The summed E-state index contributed by atoms with van der Waals surface area (Å²) in [5.74, 6) is -0.991. The number of nitrogens with one attached hydrogen (secondary N) is 2. The fraction of sp³-hybridized carbons (Fsp3) is 0.682. The minimum absolute atomic E-state index is 0. The molecule has 0 atom stereocenters. The summed E-state index contributed by atoms with van der Waals surface area (Å²) in [5, 5.41) is 16.0. The van der Waals surface area contributed by atoms with Crippen molar-refractivity contribution < 1.29 is 22.7 Å². The minimum Gasteiger partial charge on any atom is -0.393 e. The van der Waals surface area contributed by atoms with E-state index in [0.29, 0.717) is 57.0 Å². The predicted octanol–water partition coefficient (Wildman–Crippen LogP) is 4.58. The molecule has 0 radical (unpaired) electrons. The lowest BCUT2D eigenvalue weighted by Gasteiger charge is -2.31. The summed E-state index contributed by atoms with van der Waals surface area (Å²) < 4.78 is 53.2. The number of piperidine rings is 1. The van der Waals surface area contributed by atoms with Gasteiger partial charge >= 0.3 is 6.18 Å². The minimum atomic E-state index is -4.12. The predicted molar refractivity (Wildman–Crippen MR) is 129 cm³/mol. The second kappa shape index (κ2) is 12.2. The molecule has 3 N–H and O–H groups in total.